The number of anilines is 1. The Morgan fingerprint density at radius 3 is 2.34 bits per heavy atom. The van der Waals surface area contributed by atoms with Crippen LogP contribution in [0.5, 0.6) is 11.5 Å². The predicted molar refractivity (Wildman–Crippen MR) is 113 cm³/mol. The summed E-state index contributed by atoms with van der Waals surface area (Å²) >= 11 is 0. The van der Waals surface area contributed by atoms with E-state index in [-0.39, 0.29) is 24.3 Å². The van der Waals surface area contributed by atoms with Gasteiger partial charge in [-0.25, -0.2) is 0 Å². The van der Waals surface area contributed by atoms with E-state index in [0.717, 1.165) is 30.0 Å². The molecule has 1 aliphatic rings. The van der Waals surface area contributed by atoms with Crippen LogP contribution < -0.4 is 19.7 Å². The van der Waals surface area contributed by atoms with Crippen LogP contribution in [0.15, 0.2) is 48.5 Å². The zero-order valence-electron chi connectivity index (χ0n) is 17.0. The van der Waals surface area contributed by atoms with Crippen LogP contribution in [-0.2, 0) is 4.79 Å². The lowest BCUT2D eigenvalue weighted by atomic mass is 10.2. The third-order valence-electron chi connectivity index (χ3n) is 4.80. The summed E-state index contributed by atoms with van der Waals surface area (Å²) in [7, 11) is 0. The second kappa shape index (κ2) is 9.96. The molecule has 154 valence electrons. The average Bonchev–Trinajstić information content (AvgIpc) is 3.09. The molecule has 2 aromatic carbocycles. The zero-order chi connectivity index (χ0) is 20.6. The van der Waals surface area contributed by atoms with Crippen molar-refractivity contribution in [2.45, 2.75) is 39.2 Å². The maximum Gasteiger partial charge on any atom is 0.251 e. The van der Waals surface area contributed by atoms with Gasteiger partial charge in [0, 0.05) is 24.2 Å². The normalized spacial score (nSPS) is 16.0. The quantitative estimate of drug-likeness (QED) is 0.655. The fraction of sp³-hybridized carbons (Fsp3) is 0.391. The van der Waals surface area contributed by atoms with Gasteiger partial charge in [0.2, 0.25) is 5.91 Å². The van der Waals surface area contributed by atoms with Crippen LogP contribution in [0.3, 0.4) is 0 Å². The molecule has 29 heavy (non-hydrogen) atoms. The summed E-state index contributed by atoms with van der Waals surface area (Å²) in [5.41, 5.74) is 1.36. The van der Waals surface area contributed by atoms with Crippen molar-refractivity contribution in [1.82, 2.24) is 5.32 Å². The standard InChI is InChI=1S/C23H28N2O4/c1-3-5-14-29-21-10-6-17(7-11-21)23(27)24-18-15-22(26)25(16-18)19-8-12-20(13-9-19)28-4-2/h6-13,18H,3-5,14-16H2,1-2H3,(H,24,27)/t18-/m1/s1. The molecule has 1 heterocycles. The number of carbonyl (C=O) groups excluding carboxylic acids is 2. The van der Waals surface area contributed by atoms with Gasteiger partial charge in [-0.2, -0.15) is 0 Å². The first-order chi connectivity index (χ1) is 14.1. The zero-order valence-corrected chi connectivity index (χ0v) is 17.0. The van der Waals surface area contributed by atoms with Crippen LogP contribution in [0.25, 0.3) is 0 Å². The van der Waals surface area contributed by atoms with E-state index >= 15 is 0 Å². The Hall–Kier alpha value is -3.02. The van der Waals surface area contributed by atoms with Gasteiger partial charge in [-0.05, 0) is 61.9 Å². The van der Waals surface area contributed by atoms with Crippen LogP contribution in [0.4, 0.5) is 5.69 Å². The van der Waals surface area contributed by atoms with E-state index in [1.54, 1.807) is 29.2 Å². The van der Waals surface area contributed by atoms with Gasteiger partial charge in [0.25, 0.3) is 5.91 Å². The smallest absolute Gasteiger partial charge is 0.251 e. The Morgan fingerprint density at radius 2 is 1.69 bits per heavy atom. The highest BCUT2D eigenvalue weighted by Gasteiger charge is 2.31. The largest absolute Gasteiger partial charge is 0.494 e. The first-order valence-corrected chi connectivity index (χ1v) is 10.2. The van der Waals surface area contributed by atoms with E-state index in [4.69, 9.17) is 9.47 Å². The van der Waals surface area contributed by atoms with E-state index in [2.05, 4.69) is 12.2 Å². The molecule has 0 aliphatic carbocycles. The lowest BCUT2D eigenvalue weighted by Gasteiger charge is -2.18. The van der Waals surface area contributed by atoms with Gasteiger partial charge in [0.15, 0.2) is 0 Å². The van der Waals surface area contributed by atoms with Crippen molar-refractivity contribution in [3.05, 3.63) is 54.1 Å². The highest BCUT2D eigenvalue weighted by Crippen LogP contribution is 2.24. The van der Waals surface area contributed by atoms with Gasteiger partial charge < -0.3 is 19.7 Å². The van der Waals surface area contributed by atoms with Crippen molar-refractivity contribution in [2.75, 3.05) is 24.7 Å². The van der Waals surface area contributed by atoms with Crippen molar-refractivity contribution in [3.63, 3.8) is 0 Å². The fourth-order valence-electron chi connectivity index (χ4n) is 3.25. The van der Waals surface area contributed by atoms with E-state index in [0.29, 0.717) is 25.3 Å². The Bertz CT molecular complexity index is 818. The minimum absolute atomic E-state index is 0.000804. The Morgan fingerprint density at radius 1 is 1.03 bits per heavy atom. The molecule has 0 saturated carbocycles. The van der Waals surface area contributed by atoms with E-state index in [1.807, 2.05) is 31.2 Å². The molecule has 0 radical (unpaired) electrons. The summed E-state index contributed by atoms with van der Waals surface area (Å²) in [6.45, 7) is 5.77. The van der Waals surface area contributed by atoms with Crippen molar-refractivity contribution < 1.29 is 19.1 Å². The number of unbranched alkanes of at least 4 members (excludes halogenated alkanes) is 1. The maximum atomic E-state index is 12.5. The molecule has 1 aliphatic heterocycles. The topological polar surface area (TPSA) is 67.9 Å². The second-order valence-electron chi connectivity index (χ2n) is 7.03. The van der Waals surface area contributed by atoms with E-state index in [9.17, 15) is 9.59 Å². The summed E-state index contributed by atoms with van der Waals surface area (Å²) in [6.07, 6.45) is 2.37. The maximum absolute atomic E-state index is 12.5. The molecule has 1 N–H and O–H groups in total. The molecule has 6 heteroatoms. The molecule has 0 bridgehead atoms. The Labute approximate surface area is 171 Å². The minimum Gasteiger partial charge on any atom is -0.494 e. The lowest BCUT2D eigenvalue weighted by molar-refractivity contribution is -0.117. The van der Waals surface area contributed by atoms with Crippen LogP contribution in [0.1, 0.15) is 43.5 Å². The van der Waals surface area contributed by atoms with Gasteiger partial charge in [-0.15, -0.1) is 0 Å². The van der Waals surface area contributed by atoms with Crippen LogP contribution in [0, 0.1) is 0 Å². The summed E-state index contributed by atoms with van der Waals surface area (Å²) in [4.78, 5) is 26.7. The van der Waals surface area contributed by atoms with Gasteiger partial charge in [0.05, 0.1) is 19.3 Å². The van der Waals surface area contributed by atoms with Crippen molar-refractivity contribution >= 4 is 17.5 Å². The molecule has 0 unspecified atom stereocenters. The average molecular weight is 396 g/mol. The molecule has 3 rings (SSSR count). The van der Waals surface area contributed by atoms with Gasteiger partial charge in [-0.3, -0.25) is 9.59 Å². The second-order valence-corrected chi connectivity index (χ2v) is 7.03. The number of hydrogen-bond acceptors (Lipinski definition) is 4. The van der Waals surface area contributed by atoms with Crippen molar-refractivity contribution in [2.24, 2.45) is 0 Å². The molecule has 0 aromatic heterocycles. The SMILES string of the molecule is CCCCOc1ccc(C(=O)N[C@@H]2CC(=O)N(c3ccc(OCC)cc3)C2)cc1. The minimum atomic E-state index is -0.220. The molecule has 0 spiro atoms. The predicted octanol–water partition coefficient (Wildman–Crippen LogP) is 3.80. The first kappa shape index (κ1) is 20.7. The molecule has 6 nitrogen and oxygen atoms in total. The number of nitrogens with zero attached hydrogens (tertiary/aromatic N) is 1. The summed E-state index contributed by atoms with van der Waals surface area (Å²) in [5, 5.41) is 2.96. The van der Waals surface area contributed by atoms with Crippen molar-refractivity contribution in [1.29, 1.82) is 0 Å². The third-order valence-corrected chi connectivity index (χ3v) is 4.80. The fourth-order valence-corrected chi connectivity index (χ4v) is 3.25. The summed E-state index contributed by atoms with van der Waals surface area (Å²) < 4.78 is 11.1. The Kier molecular flexibility index (Phi) is 7.11. The number of nitrogens with one attached hydrogen (secondary N) is 1. The Balaban J connectivity index is 1.55. The number of rotatable bonds is 9. The molecule has 2 aromatic rings. The van der Waals surface area contributed by atoms with E-state index in [1.165, 1.54) is 0 Å². The van der Waals surface area contributed by atoms with Gasteiger partial charge in [0.1, 0.15) is 11.5 Å². The first-order valence-electron chi connectivity index (χ1n) is 10.2. The molecular weight excluding hydrogens is 368 g/mol. The number of hydrogen-bond donors (Lipinski definition) is 1. The van der Waals surface area contributed by atoms with E-state index < -0.39 is 0 Å². The third kappa shape index (κ3) is 5.50. The molecule has 1 atom stereocenters. The summed E-state index contributed by atoms with van der Waals surface area (Å²) in [5.74, 6) is 1.35. The number of ether oxygens (including phenoxy) is 2. The van der Waals surface area contributed by atoms with Gasteiger partial charge in [-0.1, -0.05) is 13.3 Å². The number of amides is 2. The number of benzene rings is 2. The van der Waals surface area contributed by atoms with Crippen molar-refractivity contribution in [3.8, 4) is 11.5 Å². The van der Waals surface area contributed by atoms with Gasteiger partial charge >= 0.3 is 0 Å². The van der Waals surface area contributed by atoms with Crippen LogP contribution in [-0.4, -0.2) is 37.6 Å². The monoisotopic (exact) mass is 396 g/mol. The molecule has 1 saturated heterocycles. The van der Waals surface area contributed by atoms with Crippen LogP contribution in [0.2, 0.25) is 0 Å². The lowest BCUT2D eigenvalue weighted by Crippen LogP contribution is -2.37. The van der Waals surface area contributed by atoms with Crippen LogP contribution >= 0.6 is 0 Å². The summed E-state index contributed by atoms with van der Waals surface area (Å²) in [6, 6.07) is 14.3. The highest BCUT2D eigenvalue weighted by molar-refractivity contribution is 5.99. The molecular formula is C23H28N2O4. The highest BCUT2D eigenvalue weighted by atomic mass is 16.5. The molecule has 1 fully saturated rings. The number of carbonyl (C=O) groups is 2. The molecule has 2 amide bonds.